The van der Waals surface area contributed by atoms with Crippen LogP contribution < -0.4 is 9.64 Å². The quantitative estimate of drug-likeness (QED) is 0.674. The zero-order chi connectivity index (χ0) is 19.6. The number of fused-ring (bicyclic) bond motifs is 2. The number of hydrogen-bond acceptors (Lipinski definition) is 5. The fourth-order valence-corrected chi connectivity index (χ4v) is 3.92. The van der Waals surface area contributed by atoms with Gasteiger partial charge >= 0.3 is 0 Å². The van der Waals surface area contributed by atoms with E-state index in [-0.39, 0.29) is 5.91 Å². The van der Waals surface area contributed by atoms with E-state index in [1.807, 2.05) is 47.4 Å². The normalized spacial score (nSPS) is 16.8. The van der Waals surface area contributed by atoms with Crippen LogP contribution in [-0.4, -0.2) is 55.2 Å². The summed E-state index contributed by atoms with van der Waals surface area (Å²) in [6.07, 6.45) is 0. The molecule has 0 radical (unpaired) electrons. The van der Waals surface area contributed by atoms with Crippen LogP contribution in [0.1, 0.15) is 16.1 Å². The molecule has 2 aliphatic rings. The number of anilines is 1. The molecule has 1 fully saturated rings. The number of rotatable bonds is 2. The molecule has 5 rings (SSSR count). The maximum atomic E-state index is 13.2. The highest BCUT2D eigenvalue weighted by atomic mass is 16.5. The summed E-state index contributed by atoms with van der Waals surface area (Å²) < 4.78 is 11.4. The van der Waals surface area contributed by atoms with Crippen LogP contribution in [0.5, 0.6) is 5.75 Å². The summed E-state index contributed by atoms with van der Waals surface area (Å²) in [6, 6.07) is 17.8. The predicted octanol–water partition coefficient (Wildman–Crippen LogP) is 3.11. The third-order valence-electron chi connectivity index (χ3n) is 5.51. The summed E-state index contributed by atoms with van der Waals surface area (Å²) in [6.45, 7) is 4.77. The molecule has 2 aromatic carbocycles. The van der Waals surface area contributed by atoms with Crippen molar-refractivity contribution in [3.63, 3.8) is 0 Å². The van der Waals surface area contributed by atoms with E-state index in [1.165, 1.54) is 0 Å². The van der Waals surface area contributed by atoms with Gasteiger partial charge in [-0.05, 0) is 30.3 Å². The molecule has 0 unspecified atom stereocenters. The minimum atomic E-state index is -0.0658. The average Bonchev–Trinajstić information content (AvgIpc) is 3.00. The molecular formula is C23H23N3O3. The topological polar surface area (TPSA) is 54.9 Å². The van der Waals surface area contributed by atoms with E-state index in [2.05, 4.69) is 22.0 Å². The maximum absolute atomic E-state index is 13.2. The van der Waals surface area contributed by atoms with Crippen molar-refractivity contribution >= 4 is 22.5 Å². The van der Waals surface area contributed by atoms with Gasteiger partial charge in [-0.25, -0.2) is 4.98 Å². The number of amides is 1. The van der Waals surface area contributed by atoms with Crippen LogP contribution >= 0.6 is 0 Å². The first-order valence-corrected chi connectivity index (χ1v) is 10.0. The Morgan fingerprint density at radius 2 is 1.79 bits per heavy atom. The lowest BCUT2D eigenvalue weighted by Gasteiger charge is -2.29. The van der Waals surface area contributed by atoms with Crippen molar-refractivity contribution in [2.75, 3.05) is 44.4 Å². The van der Waals surface area contributed by atoms with E-state index >= 15 is 0 Å². The Balaban J connectivity index is 1.41. The van der Waals surface area contributed by atoms with Crippen molar-refractivity contribution in [2.24, 2.45) is 0 Å². The van der Waals surface area contributed by atoms with Crippen molar-refractivity contribution < 1.29 is 14.3 Å². The van der Waals surface area contributed by atoms with E-state index in [9.17, 15) is 4.79 Å². The number of pyridine rings is 1. The fourth-order valence-electron chi connectivity index (χ4n) is 3.92. The van der Waals surface area contributed by atoms with Gasteiger partial charge in [0, 0.05) is 36.3 Å². The van der Waals surface area contributed by atoms with Gasteiger partial charge in [0.25, 0.3) is 5.91 Å². The molecule has 1 aromatic heterocycles. The lowest BCUT2D eigenvalue weighted by atomic mass is 10.1. The van der Waals surface area contributed by atoms with Crippen LogP contribution in [0.25, 0.3) is 10.9 Å². The molecule has 0 atom stereocenters. The van der Waals surface area contributed by atoms with E-state index < -0.39 is 0 Å². The average molecular weight is 389 g/mol. The highest BCUT2D eigenvalue weighted by Crippen LogP contribution is 2.29. The van der Waals surface area contributed by atoms with Crippen LogP contribution in [-0.2, 0) is 11.3 Å². The zero-order valence-corrected chi connectivity index (χ0v) is 16.2. The molecule has 6 heteroatoms. The Hall–Kier alpha value is -3.12. The molecule has 0 spiro atoms. The van der Waals surface area contributed by atoms with Gasteiger partial charge in [0.05, 0.1) is 25.3 Å². The first-order valence-electron chi connectivity index (χ1n) is 10.0. The molecule has 6 nitrogen and oxygen atoms in total. The van der Waals surface area contributed by atoms with Crippen LogP contribution in [0.3, 0.4) is 0 Å². The fraction of sp³-hybridized carbons (Fsp3) is 0.304. The van der Waals surface area contributed by atoms with Crippen LogP contribution in [0.15, 0.2) is 54.6 Å². The summed E-state index contributed by atoms with van der Waals surface area (Å²) in [7, 11) is 0. The largest absolute Gasteiger partial charge is 0.491 e. The molecule has 29 heavy (non-hydrogen) atoms. The predicted molar refractivity (Wildman–Crippen MR) is 111 cm³/mol. The molecule has 1 saturated heterocycles. The van der Waals surface area contributed by atoms with Crippen LogP contribution in [0.4, 0.5) is 5.69 Å². The van der Waals surface area contributed by atoms with Crippen molar-refractivity contribution in [1.82, 2.24) is 9.88 Å². The second kappa shape index (κ2) is 7.72. The summed E-state index contributed by atoms with van der Waals surface area (Å²) in [5.41, 5.74) is 3.48. The Morgan fingerprint density at radius 3 is 2.69 bits per heavy atom. The second-order valence-corrected chi connectivity index (χ2v) is 7.36. The standard InChI is InChI=1S/C23H23N3O3/c27-23(21-7-5-17-3-1-2-4-20(17)24-21)26-11-14-29-22-8-6-19(15-18(22)16-26)25-9-12-28-13-10-25/h1-8,15H,9-14,16H2. The molecule has 3 heterocycles. The molecule has 0 aliphatic carbocycles. The molecule has 0 saturated carbocycles. The summed E-state index contributed by atoms with van der Waals surface area (Å²) in [4.78, 5) is 21.9. The van der Waals surface area contributed by atoms with Gasteiger partial charge < -0.3 is 19.3 Å². The lowest BCUT2D eigenvalue weighted by Crippen LogP contribution is -2.36. The van der Waals surface area contributed by atoms with Gasteiger partial charge in [0.1, 0.15) is 18.1 Å². The third-order valence-corrected chi connectivity index (χ3v) is 5.51. The van der Waals surface area contributed by atoms with Crippen molar-refractivity contribution in [2.45, 2.75) is 6.54 Å². The van der Waals surface area contributed by atoms with Gasteiger partial charge in [-0.2, -0.15) is 0 Å². The van der Waals surface area contributed by atoms with E-state index in [0.29, 0.717) is 25.4 Å². The van der Waals surface area contributed by atoms with E-state index in [4.69, 9.17) is 9.47 Å². The highest BCUT2D eigenvalue weighted by Gasteiger charge is 2.23. The summed E-state index contributed by atoms with van der Waals surface area (Å²) in [5, 5.41) is 1.03. The second-order valence-electron chi connectivity index (χ2n) is 7.36. The molecule has 2 aliphatic heterocycles. The number of ether oxygens (including phenoxy) is 2. The number of benzene rings is 2. The van der Waals surface area contributed by atoms with Crippen molar-refractivity contribution in [3.05, 3.63) is 65.9 Å². The molecule has 148 valence electrons. The third kappa shape index (κ3) is 3.63. The smallest absolute Gasteiger partial charge is 0.272 e. The molecule has 0 N–H and O–H groups in total. The minimum Gasteiger partial charge on any atom is -0.491 e. The van der Waals surface area contributed by atoms with E-state index in [1.54, 1.807) is 0 Å². The first-order chi connectivity index (χ1) is 14.3. The molecule has 0 bridgehead atoms. The maximum Gasteiger partial charge on any atom is 0.272 e. The number of aromatic nitrogens is 1. The first kappa shape index (κ1) is 17.9. The van der Waals surface area contributed by atoms with Crippen molar-refractivity contribution in [3.8, 4) is 5.75 Å². The molecular weight excluding hydrogens is 366 g/mol. The Labute approximate surface area is 169 Å². The number of carbonyl (C=O) groups excluding carboxylic acids is 1. The van der Waals surface area contributed by atoms with Crippen molar-refractivity contribution in [1.29, 1.82) is 0 Å². The zero-order valence-electron chi connectivity index (χ0n) is 16.2. The molecule has 1 amide bonds. The summed E-state index contributed by atoms with van der Waals surface area (Å²) >= 11 is 0. The summed E-state index contributed by atoms with van der Waals surface area (Å²) in [5.74, 6) is 0.785. The number of morpholine rings is 1. The number of para-hydroxylation sites is 1. The highest BCUT2D eigenvalue weighted by molar-refractivity contribution is 5.95. The van der Waals surface area contributed by atoms with Crippen LogP contribution in [0, 0.1) is 0 Å². The molecule has 3 aromatic rings. The minimum absolute atomic E-state index is 0.0658. The Morgan fingerprint density at radius 1 is 0.931 bits per heavy atom. The number of hydrogen-bond donors (Lipinski definition) is 0. The SMILES string of the molecule is O=C(c1ccc2ccccc2n1)N1CCOc2ccc(N3CCOCC3)cc2C1. The number of carbonyl (C=O) groups is 1. The lowest BCUT2D eigenvalue weighted by molar-refractivity contribution is 0.0727. The van der Waals surface area contributed by atoms with Gasteiger partial charge in [0.2, 0.25) is 0 Å². The number of nitrogens with zero attached hydrogens (tertiary/aromatic N) is 3. The van der Waals surface area contributed by atoms with E-state index in [0.717, 1.165) is 54.2 Å². The Kier molecular flexibility index (Phi) is 4.77. The van der Waals surface area contributed by atoms with Crippen LogP contribution in [0.2, 0.25) is 0 Å². The van der Waals surface area contributed by atoms with Gasteiger partial charge in [-0.1, -0.05) is 24.3 Å². The Bertz CT molecular complexity index is 1050. The van der Waals surface area contributed by atoms with Gasteiger partial charge in [-0.15, -0.1) is 0 Å². The monoisotopic (exact) mass is 389 g/mol. The van der Waals surface area contributed by atoms with Gasteiger partial charge in [-0.3, -0.25) is 4.79 Å². The van der Waals surface area contributed by atoms with Gasteiger partial charge in [0.15, 0.2) is 0 Å².